The van der Waals surface area contributed by atoms with Crippen LogP contribution >= 0.6 is 0 Å². The summed E-state index contributed by atoms with van der Waals surface area (Å²) in [6.07, 6.45) is 2.65. The van der Waals surface area contributed by atoms with Gasteiger partial charge in [0.05, 0.1) is 25.5 Å². The van der Waals surface area contributed by atoms with Gasteiger partial charge < -0.3 is 14.8 Å². The first-order chi connectivity index (χ1) is 13.8. The Hall–Kier alpha value is -2.59. The van der Waals surface area contributed by atoms with Crippen LogP contribution in [-0.4, -0.2) is 55.1 Å². The number of hydrogen-bond acceptors (Lipinski definition) is 6. The second kappa shape index (κ2) is 9.27. The standard InChI is InChI=1S/C19H26N4O5S/c1-3-29(25,26)11-9-23-12-14(2)18(22-23)21-19(24)20-15-4-6-16(7-5-15)28-17-8-10-27-13-17/h4-7,12,17H,3,8-11,13H2,1-2H3,(H2,20,21,22,24). The highest BCUT2D eigenvalue weighted by atomic mass is 32.2. The predicted molar refractivity (Wildman–Crippen MR) is 110 cm³/mol. The Bertz CT molecular complexity index is 934. The summed E-state index contributed by atoms with van der Waals surface area (Å²) in [5.74, 6) is 1.22. The van der Waals surface area contributed by atoms with E-state index in [0.717, 1.165) is 17.7 Å². The third-order valence-electron chi connectivity index (χ3n) is 4.55. The summed E-state index contributed by atoms with van der Waals surface area (Å²) in [7, 11) is -3.07. The van der Waals surface area contributed by atoms with Crippen LogP contribution in [0.3, 0.4) is 0 Å². The maximum atomic E-state index is 12.3. The monoisotopic (exact) mass is 422 g/mol. The molecule has 0 saturated carbocycles. The summed E-state index contributed by atoms with van der Waals surface area (Å²) in [5, 5.41) is 9.67. The lowest BCUT2D eigenvalue weighted by Crippen LogP contribution is -2.20. The maximum Gasteiger partial charge on any atom is 0.324 e. The average Bonchev–Trinajstić information content (AvgIpc) is 3.32. The fourth-order valence-electron chi connectivity index (χ4n) is 2.82. The van der Waals surface area contributed by atoms with Gasteiger partial charge in [-0.05, 0) is 31.2 Å². The van der Waals surface area contributed by atoms with Crippen LogP contribution in [0, 0.1) is 6.92 Å². The largest absolute Gasteiger partial charge is 0.488 e. The lowest BCUT2D eigenvalue weighted by Gasteiger charge is -2.12. The smallest absolute Gasteiger partial charge is 0.324 e. The van der Waals surface area contributed by atoms with Crippen molar-refractivity contribution in [3.05, 3.63) is 36.0 Å². The van der Waals surface area contributed by atoms with Crippen molar-refractivity contribution in [1.29, 1.82) is 0 Å². The molecule has 0 bridgehead atoms. The van der Waals surface area contributed by atoms with Crippen LogP contribution in [0.1, 0.15) is 18.9 Å². The highest BCUT2D eigenvalue weighted by molar-refractivity contribution is 7.91. The Labute approximate surface area is 170 Å². The van der Waals surface area contributed by atoms with Crippen molar-refractivity contribution in [3.63, 3.8) is 0 Å². The molecular weight excluding hydrogens is 396 g/mol. The molecule has 1 saturated heterocycles. The molecule has 1 aliphatic heterocycles. The number of sulfone groups is 1. The van der Waals surface area contributed by atoms with Crippen molar-refractivity contribution in [3.8, 4) is 5.75 Å². The van der Waals surface area contributed by atoms with Gasteiger partial charge in [-0.15, -0.1) is 0 Å². The van der Waals surface area contributed by atoms with Crippen molar-refractivity contribution in [2.24, 2.45) is 0 Å². The maximum absolute atomic E-state index is 12.3. The van der Waals surface area contributed by atoms with E-state index in [1.54, 1.807) is 44.3 Å². The highest BCUT2D eigenvalue weighted by Crippen LogP contribution is 2.20. The van der Waals surface area contributed by atoms with Crippen LogP contribution in [0.5, 0.6) is 5.75 Å². The third-order valence-corrected chi connectivity index (χ3v) is 6.23. The van der Waals surface area contributed by atoms with E-state index in [0.29, 0.717) is 24.7 Å². The normalized spacial score (nSPS) is 16.6. The van der Waals surface area contributed by atoms with E-state index in [2.05, 4.69) is 15.7 Å². The van der Waals surface area contributed by atoms with Crippen molar-refractivity contribution < 1.29 is 22.7 Å². The zero-order chi connectivity index (χ0) is 20.9. The van der Waals surface area contributed by atoms with E-state index >= 15 is 0 Å². The summed E-state index contributed by atoms with van der Waals surface area (Å²) in [6.45, 7) is 4.97. The van der Waals surface area contributed by atoms with Gasteiger partial charge in [-0.2, -0.15) is 5.10 Å². The number of aryl methyl sites for hydroxylation is 2. The van der Waals surface area contributed by atoms with E-state index < -0.39 is 15.9 Å². The molecule has 29 heavy (non-hydrogen) atoms. The van der Waals surface area contributed by atoms with Gasteiger partial charge in [-0.25, -0.2) is 13.2 Å². The van der Waals surface area contributed by atoms with Crippen LogP contribution in [0.25, 0.3) is 0 Å². The number of urea groups is 1. The zero-order valence-corrected chi connectivity index (χ0v) is 17.4. The summed E-state index contributed by atoms with van der Waals surface area (Å²) >= 11 is 0. The van der Waals surface area contributed by atoms with E-state index in [9.17, 15) is 13.2 Å². The number of ether oxygens (including phenoxy) is 2. The molecule has 2 N–H and O–H groups in total. The van der Waals surface area contributed by atoms with Gasteiger partial charge in [0.2, 0.25) is 0 Å². The van der Waals surface area contributed by atoms with E-state index in [-0.39, 0.29) is 24.2 Å². The van der Waals surface area contributed by atoms with Gasteiger partial charge >= 0.3 is 6.03 Å². The van der Waals surface area contributed by atoms with Gasteiger partial charge in [0.15, 0.2) is 15.7 Å². The number of aromatic nitrogens is 2. The minimum atomic E-state index is -3.07. The second-order valence-corrected chi connectivity index (χ2v) is 9.34. The number of nitrogens with zero attached hydrogens (tertiary/aromatic N) is 2. The number of benzene rings is 1. The first kappa shape index (κ1) is 21.1. The van der Waals surface area contributed by atoms with E-state index in [1.807, 2.05) is 0 Å². The fraction of sp³-hybridized carbons (Fsp3) is 0.474. The number of nitrogens with one attached hydrogen (secondary N) is 2. The molecule has 2 amide bonds. The average molecular weight is 423 g/mol. The molecule has 1 aliphatic rings. The van der Waals surface area contributed by atoms with Crippen LogP contribution in [-0.2, 0) is 21.1 Å². The molecule has 1 fully saturated rings. The molecule has 0 spiro atoms. The minimum absolute atomic E-state index is 0.0116. The first-order valence-corrected chi connectivity index (χ1v) is 11.3. The Morgan fingerprint density at radius 2 is 2.07 bits per heavy atom. The lowest BCUT2D eigenvalue weighted by molar-refractivity contribution is 0.141. The molecule has 2 heterocycles. The van der Waals surface area contributed by atoms with Crippen molar-refractivity contribution in [2.75, 3.05) is 35.4 Å². The van der Waals surface area contributed by atoms with Gasteiger partial charge in [-0.3, -0.25) is 10.00 Å². The van der Waals surface area contributed by atoms with Gasteiger partial charge in [0.25, 0.3) is 0 Å². The number of hydrogen-bond donors (Lipinski definition) is 2. The third kappa shape index (κ3) is 6.20. The summed E-state index contributed by atoms with van der Waals surface area (Å²) in [5.41, 5.74) is 1.36. The number of rotatable bonds is 8. The van der Waals surface area contributed by atoms with Crippen LogP contribution in [0.15, 0.2) is 30.5 Å². The van der Waals surface area contributed by atoms with Crippen LogP contribution in [0.4, 0.5) is 16.3 Å². The molecule has 9 nitrogen and oxygen atoms in total. The molecule has 1 atom stereocenters. The fourth-order valence-corrected chi connectivity index (χ4v) is 3.57. The molecule has 0 radical (unpaired) electrons. The van der Waals surface area contributed by atoms with E-state index in [4.69, 9.17) is 9.47 Å². The quantitative estimate of drug-likeness (QED) is 0.676. The number of carbonyl (C=O) groups is 1. The lowest BCUT2D eigenvalue weighted by atomic mass is 10.3. The minimum Gasteiger partial charge on any atom is -0.488 e. The topological polar surface area (TPSA) is 112 Å². The van der Waals surface area contributed by atoms with Gasteiger partial charge in [-0.1, -0.05) is 6.92 Å². The molecule has 158 valence electrons. The summed E-state index contributed by atoms with van der Waals surface area (Å²) < 4.78 is 35.9. The SMILES string of the molecule is CCS(=O)(=O)CCn1cc(C)c(NC(=O)Nc2ccc(OC3CCOC3)cc2)n1. The molecule has 1 aromatic carbocycles. The Balaban J connectivity index is 1.52. The van der Waals surface area contributed by atoms with Gasteiger partial charge in [0, 0.05) is 29.6 Å². The molecule has 3 rings (SSSR count). The first-order valence-electron chi connectivity index (χ1n) is 9.51. The van der Waals surface area contributed by atoms with Gasteiger partial charge in [0.1, 0.15) is 11.9 Å². The Morgan fingerprint density at radius 3 is 2.72 bits per heavy atom. The zero-order valence-electron chi connectivity index (χ0n) is 16.6. The second-order valence-electron chi connectivity index (χ2n) is 6.87. The Morgan fingerprint density at radius 1 is 1.31 bits per heavy atom. The van der Waals surface area contributed by atoms with Crippen LogP contribution in [0.2, 0.25) is 0 Å². The summed E-state index contributed by atoms with van der Waals surface area (Å²) in [6, 6.07) is 6.67. The molecular formula is C19H26N4O5S. The molecule has 1 unspecified atom stereocenters. The van der Waals surface area contributed by atoms with Crippen molar-refractivity contribution in [2.45, 2.75) is 32.9 Å². The highest BCUT2D eigenvalue weighted by Gasteiger charge is 2.17. The molecule has 10 heteroatoms. The molecule has 0 aliphatic carbocycles. The summed E-state index contributed by atoms with van der Waals surface area (Å²) in [4.78, 5) is 12.3. The van der Waals surface area contributed by atoms with Crippen molar-refractivity contribution >= 4 is 27.4 Å². The number of amides is 2. The molecule has 2 aromatic rings. The Kier molecular flexibility index (Phi) is 6.75. The predicted octanol–water partition coefficient (Wildman–Crippen LogP) is 2.44. The number of anilines is 2. The van der Waals surface area contributed by atoms with Crippen LogP contribution < -0.4 is 15.4 Å². The molecule has 1 aromatic heterocycles. The van der Waals surface area contributed by atoms with Crippen molar-refractivity contribution in [1.82, 2.24) is 9.78 Å². The van der Waals surface area contributed by atoms with E-state index in [1.165, 1.54) is 4.68 Å². The number of carbonyl (C=O) groups excluding carboxylic acids is 1.